The standard InChI is InChI=1S/C15H16/c1-4-8-14(12-11-13(2)3)15-9-6-5-7-10-15/h1,5-7,9-10,12,14H,8H2,2-3H3. The summed E-state index contributed by atoms with van der Waals surface area (Å²) in [5.74, 6) is 2.99. The lowest BCUT2D eigenvalue weighted by molar-refractivity contribution is 0.883. The van der Waals surface area contributed by atoms with E-state index in [9.17, 15) is 0 Å². The van der Waals surface area contributed by atoms with E-state index in [-0.39, 0.29) is 5.92 Å². The zero-order valence-corrected chi connectivity index (χ0v) is 9.33. The summed E-state index contributed by atoms with van der Waals surface area (Å²) >= 11 is 0. The summed E-state index contributed by atoms with van der Waals surface area (Å²) in [4.78, 5) is 0. The molecule has 0 aliphatic rings. The van der Waals surface area contributed by atoms with E-state index in [0.29, 0.717) is 0 Å². The smallest absolute Gasteiger partial charge is 0.0203 e. The molecule has 0 amide bonds. The normalized spacial score (nSPS) is 11.0. The van der Waals surface area contributed by atoms with Crippen LogP contribution in [-0.2, 0) is 0 Å². The maximum Gasteiger partial charge on any atom is 0.0203 e. The minimum Gasteiger partial charge on any atom is -0.126 e. The van der Waals surface area contributed by atoms with E-state index in [1.54, 1.807) is 0 Å². The molecule has 0 saturated carbocycles. The molecule has 0 heterocycles. The maximum atomic E-state index is 5.37. The molecule has 0 aliphatic carbocycles. The van der Waals surface area contributed by atoms with E-state index in [2.05, 4.69) is 29.9 Å². The Hall–Kier alpha value is -1.70. The molecule has 0 nitrogen and oxygen atoms in total. The van der Waals surface area contributed by atoms with Gasteiger partial charge >= 0.3 is 0 Å². The molecule has 0 saturated heterocycles. The highest BCUT2D eigenvalue weighted by atomic mass is 14.1. The Bertz CT molecular complexity index is 393. The molecule has 0 aliphatic heterocycles. The molecule has 0 aromatic heterocycles. The van der Waals surface area contributed by atoms with Gasteiger partial charge in [-0.2, -0.15) is 0 Å². The molecule has 0 spiro atoms. The van der Waals surface area contributed by atoms with Crippen LogP contribution in [0.25, 0.3) is 0 Å². The van der Waals surface area contributed by atoms with E-state index in [1.165, 1.54) is 11.1 Å². The molecule has 0 heteroatoms. The molecule has 0 fully saturated rings. The summed E-state index contributed by atoms with van der Waals surface area (Å²) in [5, 5.41) is 0. The van der Waals surface area contributed by atoms with Crippen LogP contribution in [0.5, 0.6) is 0 Å². The van der Waals surface area contributed by atoms with Gasteiger partial charge in [0.2, 0.25) is 0 Å². The fourth-order valence-electron chi connectivity index (χ4n) is 1.37. The van der Waals surface area contributed by atoms with Crippen LogP contribution < -0.4 is 0 Å². The Morgan fingerprint density at radius 3 is 2.53 bits per heavy atom. The van der Waals surface area contributed by atoms with E-state index in [4.69, 9.17) is 6.42 Å². The number of benzene rings is 1. The zero-order valence-electron chi connectivity index (χ0n) is 9.33. The third-order valence-electron chi connectivity index (χ3n) is 2.14. The van der Waals surface area contributed by atoms with Gasteiger partial charge in [-0.15, -0.1) is 18.1 Å². The van der Waals surface area contributed by atoms with Crippen molar-refractivity contribution in [1.29, 1.82) is 0 Å². The van der Waals surface area contributed by atoms with Crippen molar-refractivity contribution in [2.45, 2.75) is 26.2 Å². The summed E-state index contributed by atoms with van der Waals surface area (Å²) in [5.41, 5.74) is 5.65. The van der Waals surface area contributed by atoms with Crippen LogP contribution >= 0.6 is 0 Å². The van der Waals surface area contributed by atoms with Crippen molar-refractivity contribution in [1.82, 2.24) is 0 Å². The molecule has 1 atom stereocenters. The van der Waals surface area contributed by atoms with Gasteiger partial charge in [-0.1, -0.05) is 30.3 Å². The molecule has 1 unspecified atom stereocenters. The van der Waals surface area contributed by atoms with Crippen molar-refractivity contribution in [3.63, 3.8) is 0 Å². The molecular weight excluding hydrogens is 180 g/mol. The quantitative estimate of drug-likeness (QED) is 0.508. The summed E-state index contributed by atoms with van der Waals surface area (Å²) in [6.07, 6.45) is 8.16. The highest BCUT2D eigenvalue weighted by Crippen LogP contribution is 2.20. The second-order valence-corrected chi connectivity index (χ2v) is 3.74. The Labute approximate surface area is 92.3 Å². The molecule has 0 radical (unpaired) electrons. The number of rotatable bonds is 3. The Kier molecular flexibility index (Phi) is 4.48. The minimum atomic E-state index is 0.283. The number of terminal acetylenes is 1. The lowest BCUT2D eigenvalue weighted by atomic mass is 9.96. The van der Waals surface area contributed by atoms with Gasteiger partial charge < -0.3 is 0 Å². The van der Waals surface area contributed by atoms with Gasteiger partial charge in [0, 0.05) is 12.3 Å². The molecule has 15 heavy (non-hydrogen) atoms. The first kappa shape index (κ1) is 11.4. The summed E-state index contributed by atoms with van der Waals surface area (Å²) in [7, 11) is 0. The molecule has 0 bridgehead atoms. The number of hydrogen-bond acceptors (Lipinski definition) is 0. The van der Waals surface area contributed by atoms with Crippen LogP contribution in [0.4, 0.5) is 0 Å². The first-order chi connectivity index (χ1) is 7.24. The van der Waals surface area contributed by atoms with E-state index >= 15 is 0 Å². The van der Waals surface area contributed by atoms with Crippen molar-refractivity contribution in [2.24, 2.45) is 0 Å². The third-order valence-corrected chi connectivity index (χ3v) is 2.14. The fourth-order valence-corrected chi connectivity index (χ4v) is 1.37. The monoisotopic (exact) mass is 196 g/mol. The Morgan fingerprint density at radius 2 is 2.00 bits per heavy atom. The maximum absolute atomic E-state index is 5.37. The lowest BCUT2D eigenvalue weighted by Gasteiger charge is -2.07. The number of hydrogen-bond donors (Lipinski definition) is 0. The largest absolute Gasteiger partial charge is 0.126 e. The molecule has 1 rings (SSSR count). The fraction of sp³-hybridized carbons (Fsp3) is 0.267. The first-order valence-corrected chi connectivity index (χ1v) is 5.12. The van der Waals surface area contributed by atoms with Gasteiger partial charge in [0.25, 0.3) is 0 Å². The Morgan fingerprint density at radius 1 is 1.33 bits per heavy atom. The first-order valence-electron chi connectivity index (χ1n) is 5.12. The average Bonchev–Trinajstić information content (AvgIpc) is 2.25. The minimum absolute atomic E-state index is 0.283. The van der Waals surface area contributed by atoms with E-state index < -0.39 is 0 Å². The lowest BCUT2D eigenvalue weighted by Crippen LogP contribution is -1.92. The van der Waals surface area contributed by atoms with Gasteiger partial charge in [-0.25, -0.2) is 0 Å². The molecule has 0 N–H and O–H groups in total. The van der Waals surface area contributed by atoms with Crippen molar-refractivity contribution in [3.8, 4) is 12.3 Å². The van der Waals surface area contributed by atoms with E-state index in [0.717, 1.165) is 6.42 Å². The summed E-state index contributed by atoms with van der Waals surface area (Å²) in [6, 6.07) is 10.3. The van der Waals surface area contributed by atoms with Crippen molar-refractivity contribution in [3.05, 3.63) is 53.3 Å². The van der Waals surface area contributed by atoms with Gasteiger partial charge in [-0.3, -0.25) is 0 Å². The SMILES string of the molecule is C#CCC(C=C=C(C)C)c1ccccc1. The van der Waals surface area contributed by atoms with Crippen molar-refractivity contribution >= 4 is 0 Å². The molecule has 1 aromatic rings. The average molecular weight is 196 g/mol. The zero-order chi connectivity index (χ0) is 11.1. The summed E-state index contributed by atoms with van der Waals surface area (Å²) in [6.45, 7) is 4.07. The highest BCUT2D eigenvalue weighted by Gasteiger charge is 2.04. The highest BCUT2D eigenvalue weighted by molar-refractivity contribution is 5.25. The summed E-state index contributed by atoms with van der Waals surface area (Å²) < 4.78 is 0. The molecule has 1 aromatic carbocycles. The van der Waals surface area contributed by atoms with Crippen LogP contribution in [0.2, 0.25) is 0 Å². The topological polar surface area (TPSA) is 0 Å². The van der Waals surface area contributed by atoms with Crippen LogP contribution in [0.3, 0.4) is 0 Å². The van der Waals surface area contributed by atoms with Gasteiger partial charge in [-0.05, 0) is 31.1 Å². The van der Waals surface area contributed by atoms with Gasteiger partial charge in [0.1, 0.15) is 0 Å². The van der Waals surface area contributed by atoms with E-state index in [1.807, 2.05) is 32.0 Å². The molecule has 76 valence electrons. The predicted octanol–water partition coefficient (Wildman–Crippen LogP) is 3.91. The van der Waals surface area contributed by atoms with Gasteiger partial charge in [0.05, 0.1) is 0 Å². The second kappa shape index (κ2) is 5.91. The Balaban J connectivity index is 2.95. The van der Waals surface area contributed by atoms with Crippen LogP contribution in [0, 0.1) is 12.3 Å². The van der Waals surface area contributed by atoms with Crippen LogP contribution in [0.15, 0.2) is 47.7 Å². The van der Waals surface area contributed by atoms with Crippen molar-refractivity contribution < 1.29 is 0 Å². The van der Waals surface area contributed by atoms with Crippen LogP contribution in [-0.4, -0.2) is 0 Å². The third kappa shape index (κ3) is 3.90. The predicted molar refractivity (Wildman–Crippen MR) is 65.6 cm³/mol. The second-order valence-electron chi connectivity index (χ2n) is 3.74. The van der Waals surface area contributed by atoms with Crippen molar-refractivity contribution in [2.75, 3.05) is 0 Å². The van der Waals surface area contributed by atoms with Crippen LogP contribution in [0.1, 0.15) is 31.7 Å². The van der Waals surface area contributed by atoms with Gasteiger partial charge in [0.15, 0.2) is 0 Å². The molecular formula is C15H16. The number of allylic oxidation sites excluding steroid dienone is 1.